The van der Waals surface area contributed by atoms with E-state index in [1.165, 1.54) is 19.2 Å². The van der Waals surface area contributed by atoms with Crippen molar-refractivity contribution in [2.75, 3.05) is 33.1 Å². The summed E-state index contributed by atoms with van der Waals surface area (Å²) < 4.78 is 19.5. The standard InChI is InChI=1S/C29H25FN8O2/c1-38(2)15-26(39)34-20-7-17(12-31-14-20)18-9-23-28(36-37-29(23)33-13-18)25-11-22-24(35-25)4-5-32-27(22)16-6-19(30)10-21(8-16)40-3/h4-14,35H,15H2,1-3H3,(H,34,39)(H,33,36,37). The van der Waals surface area contributed by atoms with Gasteiger partial charge in [-0.05, 0) is 50.5 Å². The topological polar surface area (TPSA) is 125 Å². The molecule has 0 saturated carbocycles. The third kappa shape index (κ3) is 4.85. The van der Waals surface area contributed by atoms with E-state index in [0.29, 0.717) is 34.0 Å². The molecule has 1 aromatic carbocycles. The van der Waals surface area contributed by atoms with Crippen LogP contribution in [0.25, 0.3) is 55.7 Å². The molecule has 6 aromatic rings. The fourth-order valence-electron chi connectivity index (χ4n) is 4.65. The first-order valence-corrected chi connectivity index (χ1v) is 12.4. The van der Waals surface area contributed by atoms with E-state index in [1.807, 2.05) is 38.4 Å². The van der Waals surface area contributed by atoms with Gasteiger partial charge in [0.15, 0.2) is 5.65 Å². The molecule has 0 saturated heterocycles. The maximum absolute atomic E-state index is 14.3. The third-order valence-corrected chi connectivity index (χ3v) is 6.42. The molecule has 0 aliphatic rings. The molecule has 0 radical (unpaired) electrons. The second-order valence-corrected chi connectivity index (χ2v) is 9.62. The SMILES string of the molecule is COc1cc(F)cc(-c2nccc3[nH]c(-c4n[nH]c5ncc(-c6cncc(NC(=O)CN(C)C)c6)cc45)cc23)c1. The number of carbonyl (C=O) groups excluding carboxylic acids is 1. The number of hydrogen-bond acceptors (Lipinski definition) is 7. The summed E-state index contributed by atoms with van der Waals surface area (Å²) in [5.74, 6) is -0.118. The van der Waals surface area contributed by atoms with E-state index in [2.05, 4.69) is 35.5 Å². The Morgan fingerprint density at radius 1 is 0.975 bits per heavy atom. The van der Waals surface area contributed by atoms with Gasteiger partial charge in [0.2, 0.25) is 5.91 Å². The highest BCUT2D eigenvalue weighted by Crippen LogP contribution is 2.35. The van der Waals surface area contributed by atoms with Crippen molar-refractivity contribution >= 4 is 33.5 Å². The number of carbonyl (C=O) groups is 1. The molecular weight excluding hydrogens is 511 g/mol. The van der Waals surface area contributed by atoms with Gasteiger partial charge in [-0.1, -0.05) is 0 Å². The summed E-state index contributed by atoms with van der Waals surface area (Å²) in [6.45, 7) is 0.268. The Balaban J connectivity index is 1.38. The molecule has 200 valence electrons. The Morgan fingerprint density at radius 3 is 2.65 bits per heavy atom. The van der Waals surface area contributed by atoms with Gasteiger partial charge in [-0.15, -0.1) is 0 Å². The monoisotopic (exact) mass is 536 g/mol. The molecule has 5 aromatic heterocycles. The molecule has 0 bridgehead atoms. The quantitative estimate of drug-likeness (QED) is 0.266. The van der Waals surface area contributed by atoms with Crippen LogP contribution >= 0.6 is 0 Å². The van der Waals surface area contributed by atoms with Crippen molar-refractivity contribution in [3.8, 4) is 39.5 Å². The molecule has 0 spiro atoms. The third-order valence-electron chi connectivity index (χ3n) is 6.42. The average molecular weight is 537 g/mol. The minimum absolute atomic E-state index is 0.126. The van der Waals surface area contributed by atoms with Crippen molar-refractivity contribution in [3.05, 3.63) is 73.1 Å². The smallest absolute Gasteiger partial charge is 0.238 e. The number of H-pyrrole nitrogens is 2. The number of pyridine rings is 3. The summed E-state index contributed by atoms with van der Waals surface area (Å²) in [7, 11) is 5.17. The van der Waals surface area contributed by atoms with Gasteiger partial charge in [0.05, 0.1) is 36.9 Å². The molecule has 0 fully saturated rings. The highest BCUT2D eigenvalue weighted by atomic mass is 19.1. The lowest BCUT2D eigenvalue weighted by Crippen LogP contribution is -2.27. The summed E-state index contributed by atoms with van der Waals surface area (Å²) in [5.41, 5.74) is 6.31. The Morgan fingerprint density at radius 2 is 1.82 bits per heavy atom. The van der Waals surface area contributed by atoms with Crippen LogP contribution in [0.2, 0.25) is 0 Å². The minimum atomic E-state index is -0.406. The van der Waals surface area contributed by atoms with Crippen LogP contribution in [0.3, 0.4) is 0 Å². The van der Waals surface area contributed by atoms with E-state index >= 15 is 0 Å². The summed E-state index contributed by atoms with van der Waals surface area (Å²) >= 11 is 0. The van der Waals surface area contributed by atoms with Crippen molar-refractivity contribution in [1.82, 2.24) is 35.0 Å². The normalized spacial score (nSPS) is 11.4. The predicted molar refractivity (Wildman–Crippen MR) is 151 cm³/mol. The number of nitrogens with one attached hydrogen (secondary N) is 3. The predicted octanol–water partition coefficient (Wildman–Crippen LogP) is 4.88. The molecule has 0 aliphatic heterocycles. The minimum Gasteiger partial charge on any atom is -0.497 e. The Bertz CT molecular complexity index is 1880. The lowest BCUT2D eigenvalue weighted by atomic mass is 10.1. The van der Waals surface area contributed by atoms with E-state index < -0.39 is 5.82 Å². The number of aromatic amines is 2. The fraction of sp³-hybridized carbons (Fsp3) is 0.138. The second kappa shape index (κ2) is 10.2. The van der Waals surface area contributed by atoms with Gasteiger partial charge in [0, 0.05) is 57.6 Å². The van der Waals surface area contributed by atoms with Gasteiger partial charge < -0.3 is 19.9 Å². The molecule has 11 heteroatoms. The van der Waals surface area contributed by atoms with Crippen LogP contribution < -0.4 is 10.1 Å². The zero-order valence-corrected chi connectivity index (χ0v) is 22.0. The van der Waals surface area contributed by atoms with E-state index in [0.717, 1.165) is 33.1 Å². The molecule has 1 amide bonds. The number of aromatic nitrogens is 6. The van der Waals surface area contributed by atoms with Crippen LogP contribution in [0.5, 0.6) is 5.75 Å². The fourth-order valence-corrected chi connectivity index (χ4v) is 4.65. The van der Waals surface area contributed by atoms with Gasteiger partial charge in [-0.2, -0.15) is 5.10 Å². The lowest BCUT2D eigenvalue weighted by Gasteiger charge is -2.10. The molecule has 40 heavy (non-hydrogen) atoms. The zero-order chi connectivity index (χ0) is 27.8. The molecule has 0 atom stereocenters. The number of anilines is 1. The number of halogens is 1. The van der Waals surface area contributed by atoms with Gasteiger partial charge in [-0.3, -0.25) is 19.9 Å². The number of amides is 1. The van der Waals surface area contributed by atoms with Gasteiger partial charge in [0.1, 0.15) is 17.3 Å². The highest BCUT2D eigenvalue weighted by molar-refractivity contribution is 6.00. The average Bonchev–Trinajstić information content (AvgIpc) is 3.56. The number of rotatable bonds is 7. The van der Waals surface area contributed by atoms with Gasteiger partial charge >= 0.3 is 0 Å². The first-order valence-electron chi connectivity index (χ1n) is 12.4. The van der Waals surface area contributed by atoms with Gasteiger partial charge in [0.25, 0.3) is 0 Å². The molecular formula is C29H25FN8O2. The van der Waals surface area contributed by atoms with Crippen LogP contribution in [0, 0.1) is 5.82 Å². The highest BCUT2D eigenvalue weighted by Gasteiger charge is 2.17. The molecule has 10 nitrogen and oxygen atoms in total. The van der Waals surface area contributed by atoms with Crippen molar-refractivity contribution < 1.29 is 13.9 Å². The molecule has 0 unspecified atom stereocenters. The van der Waals surface area contributed by atoms with Crippen molar-refractivity contribution in [3.63, 3.8) is 0 Å². The number of ether oxygens (including phenoxy) is 1. The maximum atomic E-state index is 14.3. The van der Waals surface area contributed by atoms with Crippen molar-refractivity contribution in [2.24, 2.45) is 0 Å². The molecule has 0 aliphatic carbocycles. The lowest BCUT2D eigenvalue weighted by molar-refractivity contribution is -0.116. The summed E-state index contributed by atoms with van der Waals surface area (Å²) in [5, 5.41) is 12.0. The van der Waals surface area contributed by atoms with Crippen molar-refractivity contribution in [1.29, 1.82) is 0 Å². The number of nitrogens with zero attached hydrogens (tertiary/aromatic N) is 5. The van der Waals surface area contributed by atoms with Crippen LogP contribution in [0.1, 0.15) is 0 Å². The summed E-state index contributed by atoms with van der Waals surface area (Å²) in [6.07, 6.45) is 6.74. The molecule has 5 heterocycles. The molecule has 3 N–H and O–H groups in total. The Kier molecular flexibility index (Phi) is 6.40. The summed E-state index contributed by atoms with van der Waals surface area (Å²) in [4.78, 5) is 30.8. The number of fused-ring (bicyclic) bond motifs is 2. The second-order valence-electron chi connectivity index (χ2n) is 9.62. The van der Waals surface area contributed by atoms with E-state index in [9.17, 15) is 9.18 Å². The number of likely N-dealkylation sites (N-methyl/N-ethyl adjacent to an activating group) is 1. The largest absolute Gasteiger partial charge is 0.497 e. The summed E-state index contributed by atoms with van der Waals surface area (Å²) in [6, 6.07) is 12.2. The van der Waals surface area contributed by atoms with E-state index in [-0.39, 0.29) is 12.5 Å². The Labute approximate surface area is 228 Å². The van der Waals surface area contributed by atoms with E-state index in [1.54, 1.807) is 35.8 Å². The van der Waals surface area contributed by atoms with Gasteiger partial charge in [-0.25, -0.2) is 9.37 Å². The number of benzene rings is 1. The first-order chi connectivity index (χ1) is 19.4. The van der Waals surface area contributed by atoms with Crippen LogP contribution in [-0.2, 0) is 4.79 Å². The molecule has 6 rings (SSSR count). The van der Waals surface area contributed by atoms with Crippen LogP contribution in [0.4, 0.5) is 10.1 Å². The number of methoxy groups -OCH3 is 1. The zero-order valence-electron chi connectivity index (χ0n) is 22.0. The first kappa shape index (κ1) is 25.1. The maximum Gasteiger partial charge on any atom is 0.238 e. The number of hydrogen-bond donors (Lipinski definition) is 3. The van der Waals surface area contributed by atoms with E-state index in [4.69, 9.17) is 4.74 Å². The van der Waals surface area contributed by atoms with Crippen LogP contribution in [-0.4, -0.2) is 68.7 Å². The van der Waals surface area contributed by atoms with Crippen LogP contribution in [0.15, 0.2) is 67.3 Å². The Hall–Kier alpha value is -5.16. The van der Waals surface area contributed by atoms with Crippen molar-refractivity contribution in [2.45, 2.75) is 0 Å².